The first-order valence-corrected chi connectivity index (χ1v) is 5.83. The maximum atomic E-state index is 5.42. The molecule has 0 unspecified atom stereocenters. The molecule has 4 nitrogen and oxygen atoms in total. The molecule has 1 saturated heterocycles. The molecule has 0 bridgehead atoms. The molecule has 1 fully saturated rings. The summed E-state index contributed by atoms with van der Waals surface area (Å²) in [6, 6.07) is 4.24. The van der Waals surface area contributed by atoms with E-state index in [1.54, 1.807) is 21.3 Å². The lowest BCUT2D eigenvalue weighted by molar-refractivity contribution is 0.346. The average Bonchev–Trinajstić information content (AvgIpc) is 2.90. The van der Waals surface area contributed by atoms with Crippen LogP contribution in [0.5, 0.6) is 17.2 Å². The number of rotatable bonds is 4. The third kappa shape index (κ3) is 2.82. The second kappa shape index (κ2) is 6.71. The Labute approximate surface area is 114 Å². The normalized spacial score (nSPS) is 18.1. The molecule has 0 spiro atoms. The van der Waals surface area contributed by atoms with Gasteiger partial charge in [0.15, 0.2) is 11.5 Å². The molecule has 1 aromatic rings. The highest BCUT2D eigenvalue weighted by molar-refractivity contribution is 5.85. The van der Waals surface area contributed by atoms with Gasteiger partial charge in [-0.2, -0.15) is 0 Å². The maximum absolute atomic E-state index is 5.42. The highest BCUT2D eigenvalue weighted by Crippen LogP contribution is 2.39. The van der Waals surface area contributed by atoms with Crippen LogP contribution in [0, 0.1) is 0 Å². The molecule has 1 atom stereocenters. The van der Waals surface area contributed by atoms with Crippen molar-refractivity contribution in [1.82, 2.24) is 5.32 Å². The van der Waals surface area contributed by atoms with Gasteiger partial charge in [-0.3, -0.25) is 0 Å². The van der Waals surface area contributed by atoms with E-state index in [4.69, 9.17) is 14.2 Å². The molecule has 18 heavy (non-hydrogen) atoms. The quantitative estimate of drug-likeness (QED) is 0.915. The van der Waals surface area contributed by atoms with Gasteiger partial charge in [0.2, 0.25) is 0 Å². The first-order chi connectivity index (χ1) is 8.30. The van der Waals surface area contributed by atoms with E-state index in [0.717, 1.165) is 30.0 Å². The smallest absolute Gasteiger partial charge is 0.164 e. The van der Waals surface area contributed by atoms with Crippen molar-refractivity contribution in [3.8, 4) is 17.2 Å². The lowest BCUT2D eigenvalue weighted by Crippen LogP contribution is -2.14. The highest BCUT2D eigenvalue weighted by Gasteiger charge is 2.22. The van der Waals surface area contributed by atoms with Crippen LogP contribution in [0.4, 0.5) is 0 Å². The number of methoxy groups -OCH3 is 3. The Kier molecular flexibility index (Phi) is 5.56. The molecule has 0 saturated carbocycles. The molecule has 5 heteroatoms. The molecule has 1 aliphatic heterocycles. The summed E-state index contributed by atoms with van der Waals surface area (Å²) in [7, 11) is 4.96. The minimum atomic E-state index is 0. The van der Waals surface area contributed by atoms with Crippen LogP contribution in [-0.4, -0.2) is 27.9 Å². The van der Waals surface area contributed by atoms with Gasteiger partial charge in [0, 0.05) is 17.7 Å². The molecule has 1 aromatic carbocycles. The lowest BCUT2D eigenvalue weighted by atomic mass is 10.0. The Balaban J connectivity index is 0.00000162. The van der Waals surface area contributed by atoms with E-state index in [-0.39, 0.29) is 12.4 Å². The average molecular weight is 274 g/mol. The van der Waals surface area contributed by atoms with Gasteiger partial charge in [-0.15, -0.1) is 12.4 Å². The van der Waals surface area contributed by atoms with Crippen LogP contribution in [0.1, 0.15) is 24.4 Å². The molecule has 1 aliphatic rings. The van der Waals surface area contributed by atoms with Crippen LogP contribution >= 0.6 is 12.4 Å². The van der Waals surface area contributed by atoms with Gasteiger partial charge in [-0.25, -0.2) is 0 Å². The summed E-state index contributed by atoms with van der Waals surface area (Å²) in [5, 5.41) is 3.46. The van der Waals surface area contributed by atoms with Crippen molar-refractivity contribution < 1.29 is 14.2 Å². The first kappa shape index (κ1) is 14.9. The van der Waals surface area contributed by atoms with Crippen LogP contribution in [0.15, 0.2) is 12.1 Å². The number of hydrogen-bond donors (Lipinski definition) is 1. The summed E-state index contributed by atoms with van der Waals surface area (Å²) in [5.74, 6) is 2.30. The molecule has 0 aliphatic carbocycles. The molecule has 0 amide bonds. The van der Waals surface area contributed by atoms with Crippen molar-refractivity contribution in [3.05, 3.63) is 17.7 Å². The van der Waals surface area contributed by atoms with Crippen molar-refractivity contribution in [2.75, 3.05) is 27.9 Å². The number of ether oxygens (including phenoxy) is 3. The fraction of sp³-hybridized carbons (Fsp3) is 0.538. The van der Waals surface area contributed by atoms with Gasteiger partial charge in [-0.1, -0.05) is 0 Å². The summed E-state index contributed by atoms with van der Waals surface area (Å²) >= 11 is 0. The van der Waals surface area contributed by atoms with Crippen LogP contribution in [0.3, 0.4) is 0 Å². The molecular weight excluding hydrogens is 254 g/mol. The SMILES string of the molecule is COc1cc(OC)c([C@H]2CCCN2)cc1OC.Cl. The number of halogens is 1. The van der Waals surface area contributed by atoms with E-state index in [1.165, 1.54) is 6.42 Å². The van der Waals surface area contributed by atoms with Gasteiger partial charge in [0.25, 0.3) is 0 Å². The Morgan fingerprint density at radius 3 is 2.11 bits per heavy atom. The van der Waals surface area contributed by atoms with E-state index in [2.05, 4.69) is 5.32 Å². The number of hydrogen-bond acceptors (Lipinski definition) is 4. The topological polar surface area (TPSA) is 39.7 Å². The lowest BCUT2D eigenvalue weighted by Gasteiger charge is -2.18. The monoisotopic (exact) mass is 273 g/mol. The van der Waals surface area contributed by atoms with Crippen LogP contribution in [-0.2, 0) is 0 Å². The van der Waals surface area contributed by atoms with Gasteiger partial charge in [0.05, 0.1) is 21.3 Å². The standard InChI is InChI=1S/C13H19NO3.ClH/c1-15-11-8-13(17-3)12(16-2)7-9(11)10-5-4-6-14-10;/h7-8,10,14H,4-6H2,1-3H3;1H/t10-;/m1./s1. The first-order valence-electron chi connectivity index (χ1n) is 5.83. The zero-order chi connectivity index (χ0) is 12.3. The largest absolute Gasteiger partial charge is 0.496 e. The third-order valence-corrected chi connectivity index (χ3v) is 3.17. The molecule has 1 N–H and O–H groups in total. The van der Waals surface area contributed by atoms with Crippen LogP contribution < -0.4 is 19.5 Å². The fourth-order valence-electron chi connectivity index (χ4n) is 2.28. The van der Waals surface area contributed by atoms with Gasteiger partial charge < -0.3 is 19.5 Å². The van der Waals surface area contributed by atoms with Crippen molar-refractivity contribution in [2.24, 2.45) is 0 Å². The van der Waals surface area contributed by atoms with Gasteiger partial charge >= 0.3 is 0 Å². The zero-order valence-electron chi connectivity index (χ0n) is 11.0. The van der Waals surface area contributed by atoms with Crippen LogP contribution in [0.2, 0.25) is 0 Å². The van der Waals surface area contributed by atoms with E-state index in [9.17, 15) is 0 Å². The fourth-order valence-corrected chi connectivity index (χ4v) is 2.28. The van der Waals surface area contributed by atoms with Crippen molar-refractivity contribution in [1.29, 1.82) is 0 Å². The van der Waals surface area contributed by atoms with Crippen LogP contribution in [0.25, 0.3) is 0 Å². The third-order valence-electron chi connectivity index (χ3n) is 3.17. The van der Waals surface area contributed by atoms with Crippen molar-refractivity contribution in [2.45, 2.75) is 18.9 Å². The number of nitrogens with one attached hydrogen (secondary N) is 1. The molecular formula is C13H20ClNO3. The maximum Gasteiger partial charge on any atom is 0.164 e. The summed E-state index contributed by atoms with van der Waals surface area (Å²) in [6.45, 7) is 1.06. The van der Waals surface area contributed by atoms with E-state index in [0.29, 0.717) is 11.8 Å². The van der Waals surface area contributed by atoms with Crippen molar-refractivity contribution in [3.63, 3.8) is 0 Å². The zero-order valence-corrected chi connectivity index (χ0v) is 11.8. The summed E-state index contributed by atoms with van der Waals surface area (Å²) in [5.41, 5.74) is 1.14. The highest BCUT2D eigenvalue weighted by atomic mass is 35.5. The predicted molar refractivity (Wildman–Crippen MR) is 73.3 cm³/mol. The van der Waals surface area contributed by atoms with E-state index >= 15 is 0 Å². The van der Waals surface area contributed by atoms with E-state index < -0.39 is 0 Å². The molecule has 1 heterocycles. The minimum absolute atomic E-state index is 0. The second-order valence-electron chi connectivity index (χ2n) is 4.10. The van der Waals surface area contributed by atoms with E-state index in [1.807, 2.05) is 12.1 Å². The summed E-state index contributed by atoms with van der Waals surface area (Å²) < 4.78 is 16.0. The second-order valence-corrected chi connectivity index (χ2v) is 4.10. The molecule has 2 rings (SSSR count). The minimum Gasteiger partial charge on any atom is -0.496 e. The number of benzene rings is 1. The predicted octanol–water partition coefficient (Wildman–Crippen LogP) is 2.56. The molecule has 102 valence electrons. The van der Waals surface area contributed by atoms with Crippen molar-refractivity contribution >= 4 is 12.4 Å². The van der Waals surface area contributed by atoms with Gasteiger partial charge in [0.1, 0.15) is 5.75 Å². The van der Waals surface area contributed by atoms with Gasteiger partial charge in [-0.05, 0) is 25.5 Å². The Morgan fingerprint density at radius 2 is 1.61 bits per heavy atom. The summed E-state index contributed by atoms with van der Waals surface area (Å²) in [4.78, 5) is 0. The Hall–Kier alpha value is -1.13. The Morgan fingerprint density at radius 1 is 1.00 bits per heavy atom. The molecule has 0 radical (unpaired) electrons. The molecule has 0 aromatic heterocycles. The Bertz CT molecular complexity index is 392. The summed E-state index contributed by atoms with van der Waals surface area (Å²) in [6.07, 6.45) is 2.33.